The molecular weight excluding hydrogens is 394 g/mol. The van der Waals surface area contributed by atoms with Crippen molar-refractivity contribution in [3.63, 3.8) is 0 Å². The van der Waals surface area contributed by atoms with Crippen LogP contribution in [-0.2, 0) is 22.4 Å². The lowest BCUT2D eigenvalue weighted by Crippen LogP contribution is -2.14. The SMILES string of the molecule is N#Cc1cc2c(nc1SCCC(=O)OCC(=O)c1ccc([N+](=O)[O-])cc1)CCC2. The number of nitro groups is 1. The number of pyridine rings is 1. The van der Waals surface area contributed by atoms with Gasteiger partial charge in [-0.05, 0) is 43.0 Å². The molecule has 1 aliphatic carbocycles. The number of aryl methyl sites for hydroxylation is 2. The normalized spacial score (nSPS) is 12.1. The van der Waals surface area contributed by atoms with Crippen LogP contribution >= 0.6 is 11.8 Å². The average molecular weight is 411 g/mol. The molecule has 29 heavy (non-hydrogen) atoms. The molecule has 0 amide bonds. The zero-order valence-corrected chi connectivity index (χ0v) is 16.2. The number of esters is 1. The summed E-state index contributed by atoms with van der Waals surface area (Å²) in [6, 6.07) is 9.12. The third-order valence-corrected chi connectivity index (χ3v) is 5.44. The predicted molar refractivity (Wildman–Crippen MR) is 105 cm³/mol. The molecule has 1 aliphatic rings. The number of aromatic nitrogens is 1. The fraction of sp³-hybridized carbons (Fsp3) is 0.300. The van der Waals surface area contributed by atoms with Crippen molar-refractivity contribution in [2.75, 3.05) is 12.4 Å². The number of ketones is 1. The number of Topliss-reactive ketones (excluding diaryl/α,β-unsaturated/α-hetero) is 1. The molecule has 1 aromatic heterocycles. The number of carbonyl (C=O) groups excluding carboxylic acids is 2. The molecular formula is C20H17N3O5S. The molecule has 0 spiro atoms. The van der Waals surface area contributed by atoms with E-state index in [-0.39, 0.29) is 17.7 Å². The van der Waals surface area contributed by atoms with Gasteiger partial charge in [-0.25, -0.2) is 4.98 Å². The minimum absolute atomic E-state index is 0.0713. The van der Waals surface area contributed by atoms with E-state index in [0.717, 1.165) is 30.5 Å². The number of carbonyl (C=O) groups is 2. The molecule has 8 nitrogen and oxygen atoms in total. The summed E-state index contributed by atoms with van der Waals surface area (Å²) >= 11 is 1.32. The van der Waals surface area contributed by atoms with Crippen LogP contribution in [-0.4, -0.2) is 34.0 Å². The van der Waals surface area contributed by atoms with Crippen LogP contribution in [0.2, 0.25) is 0 Å². The maximum Gasteiger partial charge on any atom is 0.307 e. The molecule has 148 valence electrons. The Morgan fingerprint density at radius 2 is 2.03 bits per heavy atom. The third-order valence-electron chi connectivity index (χ3n) is 4.45. The molecule has 0 aliphatic heterocycles. The highest BCUT2D eigenvalue weighted by molar-refractivity contribution is 7.99. The van der Waals surface area contributed by atoms with E-state index < -0.39 is 23.3 Å². The fourth-order valence-corrected chi connectivity index (χ4v) is 3.84. The van der Waals surface area contributed by atoms with Gasteiger partial charge in [0.1, 0.15) is 11.1 Å². The summed E-state index contributed by atoms with van der Waals surface area (Å²) in [6.07, 6.45) is 2.96. The van der Waals surface area contributed by atoms with Crippen LogP contribution in [0.3, 0.4) is 0 Å². The summed E-state index contributed by atoms with van der Waals surface area (Å²) in [5, 5.41) is 20.5. The van der Waals surface area contributed by atoms with Crippen LogP contribution in [0.25, 0.3) is 0 Å². The van der Waals surface area contributed by atoms with Gasteiger partial charge in [0.25, 0.3) is 5.69 Å². The number of non-ortho nitro benzene ring substituents is 1. The Morgan fingerprint density at radius 3 is 2.72 bits per heavy atom. The number of hydrogen-bond acceptors (Lipinski definition) is 8. The van der Waals surface area contributed by atoms with Gasteiger partial charge in [0.05, 0.1) is 16.9 Å². The first-order chi connectivity index (χ1) is 14.0. The van der Waals surface area contributed by atoms with E-state index in [2.05, 4.69) is 11.1 Å². The average Bonchev–Trinajstić information content (AvgIpc) is 3.18. The minimum Gasteiger partial charge on any atom is -0.457 e. The summed E-state index contributed by atoms with van der Waals surface area (Å²) in [7, 11) is 0. The lowest BCUT2D eigenvalue weighted by Gasteiger charge is -2.07. The Morgan fingerprint density at radius 1 is 1.28 bits per heavy atom. The number of fused-ring (bicyclic) bond motifs is 1. The number of benzene rings is 1. The van der Waals surface area contributed by atoms with Crippen LogP contribution in [0.15, 0.2) is 35.4 Å². The molecule has 0 saturated heterocycles. The molecule has 3 rings (SSSR count). The van der Waals surface area contributed by atoms with Gasteiger partial charge in [0.2, 0.25) is 0 Å². The fourth-order valence-electron chi connectivity index (χ4n) is 2.94. The number of ether oxygens (including phenoxy) is 1. The van der Waals surface area contributed by atoms with Crippen LogP contribution in [0, 0.1) is 21.4 Å². The second kappa shape index (κ2) is 9.30. The number of nitro benzene ring substituents is 1. The van der Waals surface area contributed by atoms with E-state index in [1.54, 1.807) is 0 Å². The molecule has 9 heteroatoms. The molecule has 1 aromatic carbocycles. The summed E-state index contributed by atoms with van der Waals surface area (Å²) < 4.78 is 4.98. The molecule has 0 unspecified atom stereocenters. The topological polar surface area (TPSA) is 123 Å². The maximum absolute atomic E-state index is 12.0. The Hall–Kier alpha value is -3.25. The highest BCUT2D eigenvalue weighted by atomic mass is 32.2. The molecule has 0 bridgehead atoms. The number of nitrogens with zero attached hydrogens (tertiary/aromatic N) is 3. The molecule has 0 fully saturated rings. The van der Waals surface area contributed by atoms with E-state index in [0.29, 0.717) is 16.3 Å². The minimum atomic E-state index is -0.556. The van der Waals surface area contributed by atoms with Crippen LogP contribution in [0.4, 0.5) is 5.69 Å². The van der Waals surface area contributed by atoms with E-state index in [1.165, 1.54) is 36.0 Å². The summed E-state index contributed by atoms with van der Waals surface area (Å²) in [4.78, 5) is 38.5. The quantitative estimate of drug-likeness (QED) is 0.213. The highest BCUT2D eigenvalue weighted by Gasteiger charge is 2.17. The van der Waals surface area contributed by atoms with Crippen molar-refractivity contribution in [1.29, 1.82) is 5.26 Å². The van der Waals surface area contributed by atoms with Crippen molar-refractivity contribution < 1.29 is 19.2 Å². The smallest absolute Gasteiger partial charge is 0.307 e. The van der Waals surface area contributed by atoms with Gasteiger partial charge < -0.3 is 4.74 Å². The number of rotatable bonds is 8. The molecule has 0 N–H and O–H groups in total. The van der Waals surface area contributed by atoms with Gasteiger partial charge in [-0.3, -0.25) is 19.7 Å². The lowest BCUT2D eigenvalue weighted by atomic mass is 10.1. The van der Waals surface area contributed by atoms with Crippen molar-refractivity contribution in [2.45, 2.75) is 30.7 Å². The Balaban J connectivity index is 1.46. The Kier molecular flexibility index (Phi) is 6.57. The van der Waals surface area contributed by atoms with Gasteiger partial charge in [0, 0.05) is 29.1 Å². The first-order valence-corrected chi connectivity index (χ1v) is 9.95. The van der Waals surface area contributed by atoms with Gasteiger partial charge in [-0.1, -0.05) is 0 Å². The van der Waals surface area contributed by atoms with Crippen LogP contribution in [0.5, 0.6) is 0 Å². The molecule has 1 heterocycles. The van der Waals surface area contributed by atoms with Crippen molar-refractivity contribution in [1.82, 2.24) is 4.98 Å². The number of nitriles is 1. The highest BCUT2D eigenvalue weighted by Crippen LogP contribution is 2.28. The zero-order valence-electron chi connectivity index (χ0n) is 15.4. The number of thioether (sulfide) groups is 1. The molecule has 2 aromatic rings. The lowest BCUT2D eigenvalue weighted by molar-refractivity contribution is -0.384. The van der Waals surface area contributed by atoms with Crippen molar-refractivity contribution in [3.8, 4) is 6.07 Å². The second-order valence-corrected chi connectivity index (χ2v) is 7.48. The van der Waals surface area contributed by atoms with Gasteiger partial charge in [-0.15, -0.1) is 11.8 Å². The second-order valence-electron chi connectivity index (χ2n) is 6.40. The third kappa shape index (κ3) is 5.18. The van der Waals surface area contributed by atoms with E-state index >= 15 is 0 Å². The van der Waals surface area contributed by atoms with Gasteiger partial charge in [-0.2, -0.15) is 5.26 Å². The van der Waals surface area contributed by atoms with Crippen molar-refractivity contribution in [3.05, 3.63) is 62.8 Å². The van der Waals surface area contributed by atoms with E-state index in [9.17, 15) is 25.0 Å². The van der Waals surface area contributed by atoms with E-state index in [4.69, 9.17) is 4.74 Å². The maximum atomic E-state index is 12.0. The first-order valence-electron chi connectivity index (χ1n) is 8.97. The van der Waals surface area contributed by atoms with Gasteiger partial charge >= 0.3 is 5.97 Å². The largest absolute Gasteiger partial charge is 0.457 e. The Bertz CT molecular complexity index is 998. The van der Waals surface area contributed by atoms with E-state index in [1.807, 2.05) is 6.07 Å². The summed E-state index contributed by atoms with van der Waals surface area (Å²) in [5.74, 6) is -0.592. The van der Waals surface area contributed by atoms with Crippen molar-refractivity contribution in [2.24, 2.45) is 0 Å². The predicted octanol–water partition coefficient (Wildman–Crippen LogP) is 3.26. The van der Waals surface area contributed by atoms with Crippen molar-refractivity contribution >= 4 is 29.2 Å². The monoisotopic (exact) mass is 411 g/mol. The number of hydrogen-bond donors (Lipinski definition) is 0. The van der Waals surface area contributed by atoms with Crippen LogP contribution in [0.1, 0.15) is 40.0 Å². The standard InChI is InChI=1S/C20H17N3O5S/c21-11-15-10-14-2-1-3-17(14)22-20(15)29-9-8-19(25)28-12-18(24)13-4-6-16(7-5-13)23(26)27/h4-7,10H,1-3,8-9,12H2. The summed E-state index contributed by atoms with van der Waals surface area (Å²) in [5.41, 5.74) is 2.77. The van der Waals surface area contributed by atoms with Crippen LogP contribution < -0.4 is 0 Å². The molecule has 0 saturated carbocycles. The van der Waals surface area contributed by atoms with Gasteiger partial charge in [0.15, 0.2) is 12.4 Å². The first kappa shape index (κ1) is 20.5. The molecule has 0 radical (unpaired) electrons. The Labute approximate surface area is 171 Å². The zero-order chi connectivity index (χ0) is 20.8. The molecule has 0 atom stereocenters. The summed E-state index contributed by atoms with van der Waals surface area (Å²) in [6.45, 7) is -0.429.